The number of hydrogen-bond acceptors (Lipinski definition) is 5. The number of nitrogens with two attached hydrogens (primary N) is 1. The lowest BCUT2D eigenvalue weighted by atomic mass is 10.0. The second-order valence-corrected chi connectivity index (χ2v) is 9.23. The van der Waals surface area contributed by atoms with Crippen LogP contribution in [0.25, 0.3) is 22.2 Å². The first-order valence-corrected chi connectivity index (χ1v) is 12.6. The van der Waals surface area contributed by atoms with Crippen molar-refractivity contribution in [2.24, 2.45) is 5.73 Å². The predicted octanol–water partition coefficient (Wildman–Crippen LogP) is 4.00. The van der Waals surface area contributed by atoms with Crippen molar-refractivity contribution in [3.05, 3.63) is 78.1 Å². The SMILES string of the molecule is CCn1ncc2c(NC3CCN(C(N)=O)CC3)c(C(=O)NCc3ccc(-c4ccccc4)cc3)cnc21. The maximum absolute atomic E-state index is 13.3. The molecule has 0 unspecified atom stereocenters. The normalized spacial score (nSPS) is 14.0. The molecule has 4 N–H and O–H groups in total. The average molecular weight is 498 g/mol. The van der Waals surface area contributed by atoms with Gasteiger partial charge in [0, 0.05) is 38.4 Å². The van der Waals surface area contributed by atoms with E-state index in [0.717, 1.165) is 46.3 Å². The van der Waals surface area contributed by atoms with Crippen LogP contribution < -0.4 is 16.4 Å². The Labute approximate surface area is 215 Å². The summed E-state index contributed by atoms with van der Waals surface area (Å²) in [6.45, 7) is 4.24. The van der Waals surface area contributed by atoms with Gasteiger partial charge in [0.1, 0.15) is 0 Å². The molecule has 3 heterocycles. The highest BCUT2D eigenvalue weighted by Crippen LogP contribution is 2.29. The third-order valence-corrected chi connectivity index (χ3v) is 6.88. The van der Waals surface area contributed by atoms with Gasteiger partial charge in [-0.05, 0) is 36.5 Å². The van der Waals surface area contributed by atoms with Gasteiger partial charge in [0.15, 0.2) is 5.65 Å². The minimum absolute atomic E-state index is 0.100. The molecule has 0 atom stereocenters. The molecule has 1 aliphatic heterocycles. The van der Waals surface area contributed by atoms with E-state index in [9.17, 15) is 9.59 Å². The summed E-state index contributed by atoms with van der Waals surface area (Å²) in [4.78, 5) is 31.0. The van der Waals surface area contributed by atoms with E-state index in [1.54, 1.807) is 17.3 Å². The van der Waals surface area contributed by atoms with E-state index in [-0.39, 0.29) is 11.9 Å². The van der Waals surface area contributed by atoms with Gasteiger partial charge < -0.3 is 21.3 Å². The van der Waals surface area contributed by atoms with Gasteiger partial charge >= 0.3 is 6.03 Å². The summed E-state index contributed by atoms with van der Waals surface area (Å²) < 4.78 is 1.81. The fourth-order valence-corrected chi connectivity index (χ4v) is 4.76. The molecule has 9 heteroatoms. The number of amides is 3. The molecule has 5 rings (SSSR count). The van der Waals surface area contributed by atoms with Gasteiger partial charge in [0.05, 0.1) is 22.8 Å². The summed E-state index contributed by atoms with van der Waals surface area (Å²) in [7, 11) is 0. The third-order valence-electron chi connectivity index (χ3n) is 6.88. The number of likely N-dealkylation sites (tertiary alicyclic amines) is 1. The zero-order valence-corrected chi connectivity index (χ0v) is 20.9. The fraction of sp³-hybridized carbons (Fsp3) is 0.286. The number of nitrogens with one attached hydrogen (secondary N) is 2. The number of anilines is 1. The number of fused-ring (bicyclic) bond motifs is 1. The number of urea groups is 1. The van der Waals surface area contributed by atoms with E-state index < -0.39 is 6.03 Å². The van der Waals surface area contributed by atoms with E-state index >= 15 is 0 Å². The molecule has 2 aromatic carbocycles. The highest BCUT2D eigenvalue weighted by Gasteiger charge is 2.25. The predicted molar refractivity (Wildman–Crippen MR) is 144 cm³/mol. The molecule has 37 heavy (non-hydrogen) atoms. The van der Waals surface area contributed by atoms with E-state index in [2.05, 4.69) is 45.0 Å². The van der Waals surface area contributed by atoms with E-state index in [1.807, 2.05) is 41.9 Å². The van der Waals surface area contributed by atoms with Crippen LogP contribution >= 0.6 is 0 Å². The van der Waals surface area contributed by atoms with Crippen molar-refractivity contribution in [1.29, 1.82) is 0 Å². The smallest absolute Gasteiger partial charge is 0.314 e. The monoisotopic (exact) mass is 497 g/mol. The topological polar surface area (TPSA) is 118 Å². The van der Waals surface area contributed by atoms with E-state index in [0.29, 0.717) is 31.7 Å². The summed E-state index contributed by atoms with van der Waals surface area (Å²) in [5.74, 6) is -0.206. The maximum atomic E-state index is 13.3. The minimum Gasteiger partial charge on any atom is -0.381 e. The van der Waals surface area contributed by atoms with Crippen molar-refractivity contribution < 1.29 is 9.59 Å². The van der Waals surface area contributed by atoms with Crippen molar-refractivity contribution in [2.45, 2.75) is 38.9 Å². The lowest BCUT2D eigenvalue weighted by molar-refractivity contribution is 0.0951. The Morgan fingerprint density at radius 2 is 1.70 bits per heavy atom. The van der Waals surface area contributed by atoms with Crippen LogP contribution in [0.4, 0.5) is 10.5 Å². The first-order chi connectivity index (χ1) is 18.0. The van der Waals surface area contributed by atoms with Crippen LogP contribution in [0, 0.1) is 0 Å². The average Bonchev–Trinajstić information content (AvgIpc) is 3.37. The fourth-order valence-electron chi connectivity index (χ4n) is 4.76. The lowest BCUT2D eigenvalue weighted by Crippen LogP contribution is -2.44. The highest BCUT2D eigenvalue weighted by atomic mass is 16.2. The van der Waals surface area contributed by atoms with Crippen LogP contribution in [0.3, 0.4) is 0 Å². The summed E-state index contributed by atoms with van der Waals surface area (Å²) in [5.41, 5.74) is 10.7. The van der Waals surface area contributed by atoms with Crippen molar-refractivity contribution in [3.63, 3.8) is 0 Å². The number of pyridine rings is 1. The zero-order valence-electron chi connectivity index (χ0n) is 20.9. The number of benzene rings is 2. The van der Waals surface area contributed by atoms with Gasteiger partial charge in [-0.25, -0.2) is 14.5 Å². The molecule has 0 aliphatic carbocycles. The van der Waals surface area contributed by atoms with Crippen molar-refractivity contribution >= 4 is 28.7 Å². The summed E-state index contributed by atoms with van der Waals surface area (Å²) in [6.07, 6.45) is 4.85. The van der Waals surface area contributed by atoms with Crippen LogP contribution in [-0.2, 0) is 13.1 Å². The van der Waals surface area contributed by atoms with Crippen molar-refractivity contribution in [3.8, 4) is 11.1 Å². The molecule has 0 spiro atoms. The standard InChI is InChI=1S/C28H31N7O2/c1-2-35-26-23(18-32-35)25(33-22-12-14-34(15-13-22)28(29)37)24(17-30-26)27(36)31-16-19-8-10-21(11-9-19)20-6-4-3-5-7-20/h3-11,17-18,22H,2,12-16H2,1H3,(H2,29,37)(H,30,33)(H,31,36). The molecule has 4 aromatic rings. The van der Waals surface area contributed by atoms with E-state index in [4.69, 9.17) is 5.73 Å². The van der Waals surface area contributed by atoms with Crippen LogP contribution in [0.1, 0.15) is 35.7 Å². The van der Waals surface area contributed by atoms with Crippen LogP contribution in [0.15, 0.2) is 67.0 Å². The number of carbonyl (C=O) groups excluding carboxylic acids is 2. The molecular formula is C28H31N7O2. The Morgan fingerprint density at radius 3 is 2.38 bits per heavy atom. The van der Waals surface area contributed by atoms with Gasteiger partial charge in [-0.1, -0.05) is 54.6 Å². The molecule has 9 nitrogen and oxygen atoms in total. The first-order valence-electron chi connectivity index (χ1n) is 12.6. The van der Waals surface area contributed by atoms with Crippen molar-refractivity contribution in [1.82, 2.24) is 25.0 Å². The first kappa shape index (κ1) is 24.3. The highest BCUT2D eigenvalue weighted by molar-refractivity contribution is 6.06. The number of piperidine rings is 1. The Hall–Kier alpha value is -4.40. The van der Waals surface area contributed by atoms with Crippen LogP contribution in [0.5, 0.6) is 0 Å². The molecule has 0 radical (unpaired) electrons. The van der Waals surface area contributed by atoms with Crippen LogP contribution in [0.2, 0.25) is 0 Å². The minimum atomic E-state index is -0.397. The molecule has 0 bridgehead atoms. The molecule has 0 saturated carbocycles. The molecular weight excluding hydrogens is 466 g/mol. The largest absolute Gasteiger partial charge is 0.381 e. The Balaban J connectivity index is 1.33. The van der Waals surface area contributed by atoms with Gasteiger partial charge in [-0.3, -0.25) is 4.79 Å². The van der Waals surface area contributed by atoms with Gasteiger partial charge in [0.25, 0.3) is 5.91 Å². The molecule has 2 aromatic heterocycles. The molecule has 1 fully saturated rings. The molecule has 190 valence electrons. The number of primary amides is 1. The Bertz CT molecular complexity index is 1390. The quantitative estimate of drug-likeness (QED) is 0.357. The number of nitrogens with zero attached hydrogens (tertiary/aromatic N) is 4. The lowest BCUT2D eigenvalue weighted by Gasteiger charge is -2.32. The maximum Gasteiger partial charge on any atom is 0.314 e. The Morgan fingerprint density at radius 1 is 1.00 bits per heavy atom. The van der Waals surface area contributed by atoms with Gasteiger partial charge in [-0.15, -0.1) is 0 Å². The number of aryl methyl sites for hydroxylation is 1. The van der Waals surface area contributed by atoms with Gasteiger partial charge in [0.2, 0.25) is 0 Å². The summed E-state index contributed by atoms with van der Waals surface area (Å²) >= 11 is 0. The Kier molecular flexibility index (Phi) is 7.02. The second-order valence-electron chi connectivity index (χ2n) is 9.23. The number of carbonyl (C=O) groups is 2. The van der Waals surface area contributed by atoms with E-state index in [1.165, 1.54) is 0 Å². The summed E-state index contributed by atoms with van der Waals surface area (Å²) in [5, 5.41) is 11.9. The number of aromatic nitrogens is 3. The summed E-state index contributed by atoms with van der Waals surface area (Å²) in [6, 6.07) is 18.1. The number of hydrogen-bond donors (Lipinski definition) is 3. The number of rotatable bonds is 7. The van der Waals surface area contributed by atoms with Crippen molar-refractivity contribution in [2.75, 3.05) is 18.4 Å². The molecule has 1 aliphatic rings. The molecule has 1 saturated heterocycles. The van der Waals surface area contributed by atoms with Gasteiger partial charge in [-0.2, -0.15) is 5.10 Å². The third kappa shape index (κ3) is 5.25. The zero-order chi connectivity index (χ0) is 25.8. The second kappa shape index (κ2) is 10.7. The van der Waals surface area contributed by atoms with Crippen LogP contribution in [-0.4, -0.2) is 50.7 Å². The molecule has 3 amide bonds.